The fourth-order valence-electron chi connectivity index (χ4n) is 2.22. The molecular formula is C16H14ClF4NO2S. The molecule has 0 aromatic heterocycles. The van der Waals surface area contributed by atoms with Gasteiger partial charge >= 0.3 is 6.18 Å². The van der Waals surface area contributed by atoms with E-state index in [1.54, 1.807) is 13.8 Å². The van der Waals surface area contributed by atoms with Crippen LogP contribution in [0.2, 0.25) is 5.02 Å². The van der Waals surface area contributed by atoms with Crippen molar-refractivity contribution in [1.82, 2.24) is 4.72 Å². The summed E-state index contributed by atoms with van der Waals surface area (Å²) in [5.41, 5.74) is -0.393. The lowest BCUT2D eigenvalue weighted by atomic mass is 10.1. The molecule has 0 spiro atoms. The minimum absolute atomic E-state index is 0.0400. The van der Waals surface area contributed by atoms with E-state index in [-0.39, 0.29) is 10.5 Å². The molecule has 2 rings (SSSR count). The first-order valence-corrected chi connectivity index (χ1v) is 8.89. The zero-order valence-corrected chi connectivity index (χ0v) is 14.8. The van der Waals surface area contributed by atoms with Gasteiger partial charge in [0.25, 0.3) is 0 Å². The molecule has 3 nitrogen and oxygen atoms in total. The zero-order valence-electron chi connectivity index (χ0n) is 13.2. The number of alkyl halides is 3. The predicted molar refractivity (Wildman–Crippen MR) is 86.4 cm³/mol. The van der Waals surface area contributed by atoms with E-state index in [9.17, 15) is 26.0 Å². The topological polar surface area (TPSA) is 46.2 Å². The number of sulfonamides is 1. The zero-order chi connectivity index (χ0) is 19.0. The second kappa shape index (κ2) is 6.93. The van der Waals surface area contributed by atoms with Gasteiger partial charge in [0.15, 0.2) is 0 Å². The third-order valence-electron chi connectivity index (χ3n) is 3.50. The normalized spacial score (nSPS) is 12.4. The quantitative estimate of drug-likeness (QED) is 0.769. The van der Waals surface area contributed by atoms with E-state index in [1.165, 1.54) is 12.1 Å². The Kier molecular flexibility index (Phi) is 5.46. The smallest absolute Gasteiger partial charge is 0.207 e. The van der Waals surface area contributed by atoms with Crippen LogP contribution in [0, 0.1) is 19.7 Å². The molecule has 0 aliphatic heterocycles. The van der Waals surface area contributed by atoms with E-state index < -0.39 is 34.1 Å². The Balaban J connectivity index is 2.29. The monoisotopic (exact) mass is 395 g/mol. The standard InChI is InChI=1S/C16H14ClF4NO2S/c1-9-4-15(10(2)3-14(9)17)25(23,24)22-8-11-5-12(16(19,20)21)7-13(18)6-11/h3-7,22H,8H2,1-2H3. The Labute approximate surface area is 147 Å². The van der Waals surface area contributed by atoms with Gasteiger partial charge in [-0.05, 0) is 60.9 Å². The Bertz CT molecular complexity index is 911. The lowest BCUT2D eigenvalue weighted by Gasteiger charge is -2.13. The number of aryl methyl sites for hydroxylation is 2. The maximum absolute atomic E-state index is 13.4. The SMILES string of the molecule is Cc1cc(S(=O)(=O)NCc2cc(F)cc(C(F)(F)F)c2)c(C)cc1Cl. The van der Waals surface area contributed by atoms with Crippen LogP contribution in [0.1, 0.15) is 22.3 Å². The molecule has 136 valence electrons. The highest BCUT2D eigenvalue weighted by Gasteiger charge is 2.31. The molecule has 0 unspecified atom stereocenters. The van der Waals surface area contributed by atoms with Gasteiger partial charge in [-0.15, -0.1) is 0 Å². The first-order valence-electron chi connectivity index (χ1n) is 7.03. The third-order valence-corrected chi connectivity index (χ3v) is 5.45. The molecule has 2 aromatic carbocycles. The van der Waals surface area contributed by atoms with E-state index in [0.717, 1.165) is 6.07 Å². The fourth-order valence-corrected chi connectivity index (χ4v) is 3.76. The summed E-state index contributed by atoms with van der Waals surface area (Å²) in [5.74, 6) is -1.09. The molecule has 0 aliphatic carbocycles. The first-order chi connectivity index (χ1) is 11.4. The molecule has 0 fully saturated rings. The molecule has 25 heavy (non-hydrogen) atoms. The van der Waals surface area contributed by atoms with Crippen molar-refractivity contribution in [2.24, 2.45) is 0 Å². The summed E-state index contributed by atoms with van der Waals surface area (Å²) in [5, 5.41) is 0.399. The Hall–Kier alpha value is -1.64. The van der Waals surface area contributed by atoms with Crippen LogP contribution in [-0.4, -0.2) is 8.42 Å². The fraction of sp³-hybridized carbons (Fsp3) is 0.250. The molecule has 0 heterocycles. The number of nitrogens with one attached hydrogen (secondary N) is 1. The Morgan fingerprint density at radius 3 is 2.28 bits per heavy atom. The van der Waals surface area contributed by atoms with Gasteiger partial charge in [0.2, 0.25) is 10.0 Å². The number of halogens is 5. The first kappa shape index (κ1) is 19.7. The van der Waals surface area contributed by atoms with E-state index >= 15 is 0 Å². The Morgan fingerprint density at radius 2 is 1.68 bits per heavy atom. The van der Waals surface area contributed by atoms with Crippen molar-refractivity contribution in [3.63, 3.8) is 0 Å². The van der Waals surface area contributed by atoms with Gasteiger partial charge in [0.05, 0.1) is 10.5 Å². The molecule has 0 saturated carbocycles. The van der Waals surface area contributed by atoms with Crippen molar-refractivity contribution in [3.05, 3.63) is 63.4 Å². The second-order valence-corrected chi connectivity index (χ2v) is 7.68. The molecular weight excluding hydrogens is 382 g/mol. The van der Waals surface area contributed by atoms with Crippen LogP contribution < -0.4 is 4.72 Å². The van der Waals surface area contributed by atoms with Crippen LogP contribution in [-0.2, 0) is 22.7 Å². The molecule has 1 N–H and O–H groups in total. The van der Waals surface area contributed by atoms with Crippen LogP contribution in [0.25, 0.3) is 0 Å². The van der Waals surface area contributed by atoms with Gasteiger partial charge in [-0.1, -0.05) is 11.6 Å². The van der Waals surface area contributed by atoms with Gasteiger partial charge in [-0.3, -0.25) is 0 Å². The summed E-state index contributed by atoms with van der Waals surface area (Å²) < 4.78 is 78.4. The van der Waals surface area contributed by atoms with Gasteiger partial charge in [-0.25, -0.2) is 17.5 Å². The Morgan fingerprint density at radius 1 is 1.04 bits per heavy atom. The lowest BCUT2D eigenvalue weighted by Crippen LogP contribution is -2.24. The minimum atomic E-state index is -4.72. The lowest BCUT2D eigenvalue weighted by molar-refractivity contribution is -0.137. The molecule has 9 heteroatoms. The summed E-state index contributed by atoms with van der Waals surface area (Å²) in [6.07, 6.45) is -4.72. The molecule has 0 aliphatic rings. The van der Waals surface area contributed by atoms with E-state index in [4.69, 9.17) is 11.6 Å². The maximum atomic E-state index is 13.4. The molecule has 0 radical (unpaired) electrons. The van der Waals surface area contributed by atoms with Crippen LogP contribution in [0.4, 0.5) is 17.6 Å². The van der Waals surface area contributed by atoms with Crippen molar-refractivity contribution < 1.29 is 26.0 Å². The highest BCUT2D eigenvalue weighted by molar-refractivity contribution is 7.89. The van der Waals surface area contributed by atoms with Crippen molar-refractivity contribution in [2.45, 2.75) is 31.5 Å². The van der Waals surface area contributed by atoms with Crippen LogP contribution >= 0.6 is 11.6 Å². The number of hydrogen-bond donors (Lipinski definition) is 1. The predicted octanol–water partition coefficient (Wildman–Crippen LogP) is 4.59. The summed E-state index contributed by atoms with van der Waals surface area (Å²) in [6, 6.07) is 4.75. The second-order valence-electron chi connectivity index (χ2n) is 5.54. The third kappa shape index (κ3) is 4.71. The van der Waals surface area contributed by atoms with E-state index in [2.05, 4.69) is 4.72 Å². The summed E-state index contributed by atoms with van der Waals surface area (Å²) in [7, 11) is -4.00. The molecule has 0 atom stereocenters. The highest BCUT2D eigenvalue weighted by Crippen LogP contribution is 2.30. The maximum Gasteiger partial charge on any atom is 0.416 e. The van der Waals surface area contributed by atoms with E-state index in [0.29, 0.717) is 28.3 Å². The van der Waals surface area contributed by atoms with Crippen molar-refractivity contribution in [1.29, 1.82) is 0 Å². The molecule has 0 bridgehead atoms. The summed E-state index contributed by atoms with van der Waals surface area (Å²) >= 11 is 5.92. The summed E-state index contributed by atoms with van der Waals surface area (Å²) in [4.78, 5) is -0.0400. The van der Waals surface area contributed by atoms with Crippen LogP contribution in [0.5, 0.6) is 0 Å². The molecule has 0 amide bonds. The largest absolute Gasteiger partial charge is 0.416 e. The summed E-state index contributed by atoms with van der Waals surface area (Å²) in [6.45, 7) is 2.69. The van der Waals surface area contributed by atoms with Gasteiger partial charge < -0.3 is 0 Å². The van der Waals surface area contributed by atoms with Crippen LogP contribution in [0.15, 0.2) is 35.2 Å². The van der Waals surface area contributed by atoms with Crippen molar-refractivity contribution in [3.8, 4) is 0 Å². The van der Waals surface area contributed by atoms with Gasteiger partial charge in [-0.2, -0.15) is 13.2 Å². The minimum Gasteiger partial charge on any atom is -0.207 e. The van der Waals surface area contributed by atoms with Crippen LogP contribution in [0.3, 0.4) is 0 Å². The average molecular weight is 396 g/mol. The van der Waals surface area contributed by atoms with Crippen molar-refractivity contribution >= 4 is 21.6 Å². The molecule has 0 saturated heterocycles. The molecule has 2 aromatic rings. The van der Waals surface area contributed by atoms with Crippen molar-refractivity contribution in [2.75, 3.05) is 0 Å². The highest BCUT2D eigenvalue weighted by atomic mass is 35.5. The number of benzene rings is 2. The van der Waals surface area contributed by atoms with Gasteiger partial charge in [0, 0.05) is 11.6 Å². The average Bonchev–Trinajstić information content (AvgIpc) is 2.47. The van der Waals surface area contributed by atoms with Gasteiger partial charge in [0.1, 0.15) is 5.82 Å². The van der Waals surface area contributed by atoms with E-state index in [1.807, 2.05) is 0 Å². The number of hydrogen-bond acceptors (Lipinski definition) is 2. The number of rotatable bonds is 4.